The minimum atomic E-state index is -0.533. The van der Waals surface area contributed by atoms with Crippen LogP contribution in [0.4, 0.5) is 11.5 Å². The van der Waals surface area contributed by atoms with Gasteiger partial charge in [0.25, 0.3) is 5.88 Å². The summed E-state index contributed by atoms with van der Waals surface area (Å²) < 4.78 is 4.88. The van der Waals surface area contributed by atoms with Crippen molar-refractivity contribution in [3.63, 3.8) is 0 Å². The molecule has 1 saturated heterocycles. The lowest BCUT2D eigenvalue weighted by Gasteiger charge is -2.11. The maximum Gasteiger partial charge on any atom is 0.372 e. The lowest BCUT2D eigenvalue weighted by molar-refractivity contribution is -0.385. The number of methoxy groups -OCH3 is 1. The van der Waals surface area contributed by atoms with Gasteiger partial charge in [0.2, 0.25) is 5.82 Å². The fourth-order valence-electron chi connectivity index (χ4n) is 2.17. The van der Waals surface area contributed by atoms with E-state index in [1.54, 1.807) is 0 Å². The number of rotatable bonds is 6. The van der Waals surface area contributed by atoms with E-state index in [1.165, 1.54) is 19.9 Å². The molecule has 0 spiro atoms. The second-order valence-corrected chi connectivity index (χ2v) is 4.35. The van der Waals surface area contributed by atoms with E-state index in [0.29, 0.717) is 12.6 Å². The summed E-state index contributed by atoms with van der Waals surface area (Å²) >= 11 is 0. The summed E-state index contributed by atoms with van der Waals surface area (Å²) in [7, 11) is 1.35. The molecule has 1 aromatic heterocycles. The summed E-state index contributed by atoms with van der Waals surface area (Å²) in [5, 5.41) is 17.4. The van der Waals surface area contributed by atoms with Crippen LogP contribution in [0, 0.1) is 10.1 Å². The van der Waals surface area contributed by atoms with Crippen LogP contribution >= 0.6 is 0 Å². The van der Waals surface area contributed by atoms with Crippen molar-refractivity contribution in [3.8, 4) is 5.88 Å². The Bertz CT molecular complexity index is 448. The van der Waals surface area contributed by atoms with Gasteiger partial charge in [0.05, 0.1) is 12.0 Å². The summed E-state index contributed by atoms with van der Waals surface area (Å²) in [5.41, 5.74) is -0.218. The monoisotopic (exact) mass is 267 g/mol. The first-order valence-electron chi connectivity index (χ1n) is 6.23. The van der Waals surface area contributed by atoms with E-state index < -0.39 is 4.92 Å². The molecule has 2 rings (SSSR count). The van der Waals surface area contributed by atoms with Gasteiger partial charge in [-0.1, -0.05) is 0 Å². The number of aromatic nitrogens is 2. The molecule has 1 aliphatic rings. The highest BCUT2D eigenvalue weighted by atomic mass is 16.6. The SMILES string of the molecule is COc1ncnc(NCC[C@H]2CCCN2)c1[N+](=O)[O-]. The Morgan fingerprint density at radius 3 is 3.11 bits per heavy atom. The summed E-state index contributed by atoms with van der Waals surface area (Å²) in [6.07, 6.45) is 4.49. The molecular formula is C11H17N5O3. The van der Waals surface area contributed by atoms with Gasteiger partial charge in [0, 0.05) is 12.6 Å². The summed E-state index contributed by atoms with van der Waals surface area (Å²) in [6.45, 7) is 1.67. The van der Waals surface area contributed by atoms with Crippen molar-refractivity contribution in [1.29, 1.82) is 0 Å². The number of ether oxygens (including phenoxy) is 1. The topological polar surface area (TPSA) is 102 Å². The Hall–Kier alpha value is -1.96. The molecule has 19 heavy (non-hydrogen) atoms. The Kier molecular flexibility index (Phi) is 4.45. The van der Waals surface area contributed by atoms with Gasteiger partial charge in [-0.15, -0.1) is 0 Å². The highest BCUT2D eigenvalue weighted by Crippen LogP contribution is 2.30. The first kappa shape index (κ1) is 13.5. The lowest BCUT2D eigenvalue weighted by atomic mass is 10.1. The zero-order valence-corrected chi connectivity index (χ0v) is 10.8. The van der Waals surface area contributed by atoms with Crippen LogP contribution < -0.4 is 15.4 Å². The van der Waals surface area contributed by atoms with Gasteiger partial charge in [0.15, 0.2) is 0 Å². The highest BCUT2D eigenvalue weighted by molar-refractivity contribution is 5.60. The van der Waals surface area contributed by atoms with Gasteiger partial charge in [-0.05, 0) is 25.8 Å². The van der Waals surface area contributed by atoms with E-state index in [1.807, 2.05) is 0 Å². The van der Waals surface area contributed by atoms with Crippen LogP contribution in [0.25, 0.3) is 0 Å². The quantitative estimate of drug-likeness (QED) is 0.584. The standard InChI is InChI=1S/C11H17N5O3/c1-19-11-9(16(17)18)10(14-7-15-11)13-6-4-8-3-2-5-12-8/h7-8,12H,2-6H2,1H3,(H,13,14,15)/t8-/m1/s1. The Balaban J connectivity index is 2.00. The van der Waals surface area contributed by atoms with Crippen LogP contribution in [0.15, 0.2) is 6.33 Å². The van der Waals surface area contributed by atoms with Crippen molar-refractivity contribution < 1.29 is 9.66 Å². The summed E-state index contributed by atoms with van der Waals surface area (Å²) in [5.74, 6) is 0.177. The van der Waals surface area contributed by atoms with Crippen molar-refractivity contribution in [2.45, 2.75) is 25.3 Å². The highest BCUT2D eigenvalue weighted by Gasteiger charge is 2.23. The van der Waals surface area contributed by atoms with Gasteiger partial charge >= 0.3 is 5.69 Å². The number of hydrogen-bond acceptors (Lipinski definition) is 7. The molecule has 8 heteroatoms. The molecule has 1 atom stereocenters. The van der Waals surface area contributed by atoms with Crippen LogP contribution in [0.1, 0.15) is 19.3 Å². The van der Waals surface area contributed by atoms with Crippen molar-refractivity contribution in [3.05, 3.63) is 16.4 Å². The number of nitro groups is 1. The van der Waals surface area contributed by atoms with Gasteiger partial charge in [-0.25, -0.2) is 4.98 Å². The first-order chi connectivity index (χ1) is 9.22. The average molecular weight is 267 g/mol. The van der Waals surface area contributed by atoms with Crippen LogP contribution in [0.2, 0.25) is 0 Å². The van der Waals surface area contributed by atoms with E-state index in [-0.39, 0.29) is 17.4 Å². The Morgan fingerprint density at radius 1 is 1.63 bits per heavy atom. The Labute approximate surface area is 110 Å². The molecule has 0 aliphatic carbocycles. The fraction of sp³-hybridized carbons (Fsp3) is 0.636. The molecule has 0 radical (unpaired) electrons. The van der Waals surface area contributed by atoms with E-state index in [9.17, 15) is 10.1 Å². The third-order valence-corrected chi connectivity index (χ3v) is 3.11. The van der Waals surface area contributed by atoms with E-state index in [2.05, 4.69) is 20.6 Å². The molecule has 104 valence electrons. The predicted octanol–water partition coefficient (Wildman–Crippen LogP) is 0.947. The van der Waals surface area contributed by atoms with Crippen LogP contribution in [-0.2, 0) is 0 Å². The Morgan fingerprint density at radius 2 is 2.47 bits per heavy atom. The van der Waals surface area contributed by atoms with Crippen LogP contribution in [0.5, 0.6) is 5.88 Å². The molecule has 1 aliphatic heterocycles. The molecule has 1 aromatic rings. The van der Waals surface area contributed by atoms with Crippen LogP contribution in [-0.4, -0.2) is 41.1 Å². The molecule has 0 unspecified atom stereocenters. The van der Waals surface area contributed by atoms with Crippen LogP contribution in [0.3, 0.4) is 0 Å². The summed E-state index contributed by atoms with van der Waals surface area (Å²) in [6, 6.07) is 0.482. The molecule has 1 fully saturated rings. The predicted molar refractivity (Wildman–Crippen MR) is 69.4 cm³/mol. The number of nitrogens with zero attached hydrogens (tertiary/aromatic N) is 3. The van der Waals surface area contributed by atoms with Crippen molar-refractivity contribution in [2.75, 3.05) is 25.5 Å². The maximum absolute atomic E-state index is 11.0. The third kappa shape index (κ3) is 3.28. The normalized spacial score (nSPS) is 18.3. The van der Waals surface area contributed by atoms with Crippen molar-refractivity contribution >= 4 is 11.5 Å². The molecule has 2 N–H and O–H groups in total. The second kappa shape index (κ2) is 6.28. The second-order valence-electron chi connectivity index (χ2n) is 4.35. The zero-order chi connectivity index (χ0) is 13.7. The minimum Gasteiger partial charge on any atom is -0.476 e. The molecule has 2 heterocycles. The van der Waals surface area contributed by atoms with E-state index in [4.69, 9.17) is 4.74 Å². The fourth-order valence-corrected chi connectivity index (χ4v) is 2.17. The molecule has 8 nitrogen and oxygen atoms in total. The summed E-state index contributed by atoms with van der Waals surface area (Å²) in [4.78, 5) is 18.1. The van der Waals surface area contributed by atoms with Crippen molar-refractivity contribution in [1.82, 2.24) is 15.3 Å². The average Bonchev–Trinajstić information content (AvgIpc) is 2.91. The number of hydrogen-bond donors (Lipinski definition) is 2. The molecule has 0 bridgehead atoms. The largest absolute Gasteiger partial charge is 0.476 e. The molecule has 0 amide bonds. The van der Waals surface area contributed by atoms with Gasteiger partial charge in [0.1, 0.15) is 6.33 Å². The van der Waals surface area contributed by atoms with Gasteiger partial charge < -0.3 is 15.4 Å². The van der Waals surface area contributed by atoms with E-state index in [0.717, 1.165) is 19.4 Å². The molecule has 0 saturated carbocycles. The molecule has 0 aromatic carbocycles. The van der Waals surface area contributed by atoms with Crippen molar-refractivity contribution in [2.24, 2.45) is 0 Å². The first-order valence-corrected chi connectivity index (χ1v) is 6.23. The maximum atomic E-state index is 11.0. The molecular weight excluding hydrogens is 250 g/mol. The third-order valence-electron chi connectivity index (χ3n) is 3.11. The van der Waals surface area contributed by atoms with Gasteiger partial charge in [-0.3, -0.25) is 10.1 Å². The minimum absolute atomic E-state index is 0.0264. The number of anilines is 1. The lowest BCUT2D eigenvalue weighted by Crippen LogP contribution is -2.24. The smallest absolute Gasteiger partial charge is 0.372 e. The number of nitrogens with one attached hydrogen (secondary N) is 2. The van der Waals surface area contributed by atoms with Gasteiger partial charge in [-0.2, -0.15) is 4.98 Å². The van der Waals surface area contributed by atoms with E-state index >= 15 is 0 Å². The zero-order valence-electron chi connectivity index (χ0n) is 10.8.